The molecule has 2 aromatic rings. The highest BCUT2D eigenvalue weighted by atomic mass is 16.4. The van der Waals surface area contributed by atoms with Gasteiger partial charge in [0.05, 0.1) is 12.0 Å². The molecule has 1 saturated carbocycles. The van der Waals surface area contributed by atoms with E-state index in [9.17, 15) is 4.79 Å². The first-order chi connectivity index (χ1) is 9.63. The van der Waals surface area contributed by atoms with Gasteiger partial charge in [-0.1, -0.05) is 20.3 Å². The number of hydrogen-bond acceptors (Lipinski definition) is 5. The second-order valence-corrected chi connectivity index (χ2v) is 5.60. The monoisotopic (exact) mass is 274 g/mol. The molecule has 20 heavy (non-hydrogen) atoms. The molecule has 6 nitrogen and oxygen atoms in total. The molecule has 2 heterocycles. The highest BCUT2D eigenvalue weighted by Gasteiger charge is 2.21. The van der Waals surface area contributed by atoms with Crippen LogP contribution in [0.25, 0.3) is 0 Å². The van der Waals surface area contributed by atoms with Gasteiger partial charge in [0.15, 0.2) is 0 Å². The molecule has 0 bridgehead atoms. The summed E-state index contributed by atoms with van der Waals surface area (Å²) in [4.78, 5) is 16.4. The summed E-state index contributed by atoms with van der Waals surface area (Å²) in [6, 6.07) is 1.63. The normalized spacial score (nSPS) is 15.6. The first-order valence-corrected chi connectivity index (χ1v) is 7.02. The van der Waals surface area contributed by atoms with Crippen molar-refractivity contribution in [3.05, 3.63) is 40.2 Å². The summed E-state index contributed by atoms with van der Waals surface area (Å²) in [7, 11) is 0. The van der Waals surface area contributed by atoms with Crippen LogP contribution in [0.3, 0.4) is 0 Å². The van der Waals surface area contributed by atoms with Gasteiger partial charge in [0.2, 0.25) is 11.8 Å². The Morgan fingerprint density at radius 1 is 1.40 bits per heavy atom. The topological polar surface area (TPSA) is 73.8 Å². The van der Waals surface area contributed by atoms with Crippen molar-refractivity contribution >= 4 is 0 Å². The van der Waals surface area contributed by atoms with Crippen molar-refractivity contribution in [3.8, 4) is 0 Å². The zero-order valence-electron chi connectivity index (χ0n) is 11.7. The molecule has 6 heteroatoms. The number of hydrogen-bond donors (Lipinski definition) is 0. The van der Waals surface area contributed by atoms with Crippen molar-refractivity contribution < 1.29 is 4.42 Å². The summed E-state index contributed by atoms with van der Waals surface area (Å²) in [5.74, 6) is 1.68. The van der Waals surface area contributed by atoms with Gasteiger partial charge < -0.3 is 4.42 Å². The van der Waals surface area contributed by atoms with Gasteiger partial charge in [0.25, 0.3) is 5.56 Å². The Labute approximate surface area is 116 Å². The average Bonchev–Trinajstić information content (AvgIpc) is 2.79. The highest BCUT2D eigenvalue weighted by Crippen LogP contribution is 2.34. The molecular weight excluding hydrogens is 256 g/mol. The van der Waals surface area contributed by atoms with E-state index >= 15 is 0 Å². The lowest BCUT2D eigenvalue weighted by atomic mass is 9.83. The van der Waals surface area contributed by atoms with Crippen LogP contribution < -0.4 is 5.56 Å². The van der Waals surface area contributed by atoms with Crippen LogP contribution in [-0.4, -0.2) is 19.7 Å². The third kappa shape index (κ3) is 2.50. The second kappa shape index (κ2) is 5.19. The lowest BCUT2D eigenvalue weighted by molar-refractivity contribution is 0.404. The molecule has 0 radical (unpaired) electrons. The molecule has 106 valence electrons. The summed E-state index contributed by atoms with van der Waals surface area (Å²) in [6.45, 7) is 4.24. The molecule has 0 aromatic carbocycles. The van der Waals surface area contributed by atoms with Crippen LogP contribution >= 0.6 is 0 Å². The van der Waals surface area contributed by atoms with E-state index in [1.165, 1.54) is 11.0 Å². The van der Waals surface area contributed by atoms with Crippen LogP contribution in [0.4, 0.5) is 0 Å². The minimum absolute atomic E-state index is 0.0637. The smallest absolute Gasteiger partial charge is 0.254 e. The Morgan fingerprint density at radius 3 is 2.75 bits per heavy atom. The van der Waals surface area contributed by atoms with Gasteiger partial charge in [-0.2, -0.15) is 0 Å². The molecule has 1 aliphatic rings. The molecule has 0 N–H and O–H groups in total. The maximum Gasteiger partial charge on any atom is 0.254 e. The maximum absolute atomic E-state index is 12.1. The second-order valence-electron chi connectivity index (χ2n) is 5.60. The first kappa shape index (κ1) is 13.0. The average molecular weight is 274 g/mol. The fourth-order valence-corrected chi connectivity index (χ4v) is 2.20. The van der Waals surface area contributed by atoms with Gasteiger partial charge in [-0.3, -0.25) is 9.36 Å². The fourth-order valence-electron chi connectivity index (χ4n) is 2.20. The summed E-state index contributed by atoms with van der Waals surface area (Å²) in [5, 5.41) is 7.91. The Hall–Kier alpha value is -1.98. The molecule has 0 atom stereocenters. The van der Waals surface area contributed by atoms with E-state index in [0.717, 1.165) is 18.5 Å². The largest absolute Gasteiger partial charge is 0.423 e. The Morgan fingerprint density at radius 2 is 2.20 bits per heavy atom. The van der Waals surface area contributed by atoms with Crippen LogP contribution in [0.15, 0.2) is 21.6 Å². The number of aromatic nitrogens is 4. The third-order valence-electron chi connectivity index (χ3n) is 3.71. The van der Waals surface area contributed by atoms with E-state index in [2.05, 4.69) is 15.2 Å². The van der Waals surface area contributed by atoms with E-state index in [-0.39, 0.29) is 18.0 Å². The van der Waals surface area contributed by atoms with E-state index in [4.69, 9.17) is 4.42 Å². The lowest BCUT2D eigenvalue weighted by Crippen LogP contribution is -2.23. The van der Waals surface area contributed by atoms with Crippen molar-refractivity contribution in [2.24, 2.45) is 0 Å². The molecule has 3 rings (SSSR count). The van der Waals surface area contributed by atoms with Crippen molar-refractivity contribution in [1.29, 1.82) is 0 Å². The molecule has 0 spiro atoms. The summed E-state index contributed by atoms with van der Waals surface area (Å²) in [6.07, 6.45) is 5.08. The Balaban J connectivity index is 1.78. The number of nitrogens with zero attached hydrogens (tertiary/aromatic N) is 4. The van der Waals surface area contributed by atoms with Crippen LogP contribution in [0.5, 0.6) is 0 Å². The van der Waals surface area contributed by atoms with Crippen molar-refractivity contribution in [3.63, 3.8) is 0 Å². The zero-order chi connectivity index (χ0) is 14.1. The third-order valence-corrected chi connectivity index (χ3v) is 3.71. The van der Waals surface area contributed by atoms with E-state index < -0.39 is 0 Å². The predicted molar refractivity (Wildman–Crippen MR) is 72.6 cm³/mol. The Kier molecular flexibility index (Phi) is 3.38. The molecule has 1 aliphatic carbocycles. The summed E-state index contributed by atoms with van der Waals surface area (Å²) in [5.41, 5.74) is 0.845. The minimum Gasteiger partial charge on any atom is -0.423 e. The summed E-state index contributed by atoms with van der Waals surface area (Å²) >= 11 is 0. The quantitative estimate of drug-likeness (QED) is 0.853. The van der Waals surface area contributed by atoms with Crippen LogP contribution in [-0.2, 0) is 6.54 Å². The Bertz CT molecular complexity index is 655. The lowest BCUT2D eigenvalue weighted by Gasteiger charge is -2.24. The first-order valence-electron chi connectivity index (χ1n) is 7.02. The van der Waals surface area contributed by atoms with Gasteiger partial charge in [-0.25, -0.2) is 4.98 Å². The van der Waals surface area contributed by atoms with Gasteiger partial charge in [0, 0.05) is 17.9 Å². The summed E-state index contributed by atoms with van der Waals surface area (Å²) < 4.78 is 7.00. The van der Waals surface area contributed by atoms with Crippen LogP contribution in [0, 0.1) is 0 Å². The van der Waals surface area contributed by atoms with E-state index in [1.807, 2.05) is 13.8 Å². The van der Waals surface area contributed by atoms with Gasteiger partial charge in [-0.05, 0) is 12.8 Å². The van der Waals surface area contributed by atoms with Crippen LogP contribution in [0.1, 0.15) is 62.4 Å². The maximum atomic E-state index is 12.1. The van der Waals surface area contributed by atoms with Gasteiger partial charge in [0.1, 0.15) is 6.54 Å². The minimum atomic E-state index is -0.0637. The van der Waals surface area contributed by atoms with E-state index in [1.54, 1.807) is 12.4 Å². The van der Waals surface area contributed by atoms with Gasteiger partial charge >= 0.3 is 0 Å². The molecular formula is C14H18N4O2. The SMILES string of the molecule is CC(C)c1nnc(Cn2cnc(C3CCC3)cc2=O)o1. The predicted octanol–water partition coefficient (Wildman–Crippen LogP) is 2.07. The van der Waals surface area contributed by atoms with Crippen molar-refractivity contribution in [2.45, 2.75) is 51.5 Å². The zero-order valence-corrected chi connectivity index (χ0v) is 11.7. The van der Waals surface area contributed by atoms with Crippen LogP contribution in [0.2, 0.25) is 0 Å². The highest BCUT2D eigenvalue weighted by molar-refractivity contribution is 5.09. The molecule has 1 fully saturated rings. The van der Waals surface area contributed by atoms with Crippen molar-refractivity contribution in [2.75, 3.05) is 0 Å². The standard InChI is InChI=1S/C14H18N4O2/c1-9(2)14-17-16-12(20-14)7-18-8-15-11(6-13(18)19)10-4-3-5-10/h6,8-10H,3-5,7H2,1-2H3. The van der Waals surface area contributed by atoms with Gasteiger partial charge in [-0.15, -0.1) is 10.2 Å². The molecule has 0 amide bonds. The van der Waals surface area contributed by atoms with E-state index in [0.29, 0.717) is 17.7 Å². The number of rotatable bonds is 4. The molecule has 2 aromatic heterocycles. The van der Waals surface area contributed by atoms with Crippen molar-refractivity contribution in [1.82, 2.24) is 19.7 Å². The molecule has 0 aliphatic heterocycles. The fraction of sp³-hybridized carbons (Fsp3) is 0.571. The molecule has 0 unspecified atom stereocenters. The molecule has 0 saturated heterocycles.